The van der Waals surface area contributed by atoms with Gasteiger partial charge in [0.1, 0.15) is 17.8 Å². The van der Waals surface area contributed by atoms with Gasteiger partial charge < -0.3 is 53.4 Å². The van der Waals surface area contributed by atoms with Gasteiger partial charge in [0.15, 0.2) is 24.5 Å². The van der Waals surface area contributed by atoms with Crippen molar-refractivity contribution in [2.24, 2.45) is 17.8 Å². The van der Waals surface area contributed by atoms with Gasteiger partial charge in [-0.15, -0.1) is 0 Å². The fourth-order valence-electron chi connectivity index (χ4n) is 8.97. The Bertz CT molecular complexity index is 1590. The molecule has 0 spiro atoms. The molecule has 2 saturated heterocycles. The molecule has 14 nitrogen and oxygen atoms in total. The maximum absolute atomic E-state index is 14.3. The van der Waals surface area contributed by atoms with E-state index in [1.807, 2.05) is 25.9 Å². The third kappa shape index (κ3) is 13.6. The molecule has 4 rings (SSSR count). The molecule has 1 aromatic rings. The summed E-state index contributed by atoms with van der Waals surface area (Å²) in [6.07, 6.45) is -6.43. The number of cyclic esters (lactones) is 1. The summed E-state index contributed by atoms with van der Waals surface area (Å²) in [7, 11) is 5.24. The molecule has 3 N–H and O–H groups in total. The summed E-state index contributed by atoms with van der Waals surface area (Å²) >= 11 is 0. The Morgan fingerprint density at radius 1 is 0.933 bits per heavy atom. The second-order valence-electron chi connectivity index (χ2n) is 17.8. The number of rotatable bonds is 9. The summed E-state index contributed by atoms with van der Waals surface area (Å²) in [5.41, 5.74) is -3.98. The fourth-order valence-corrected chi connectivity index (χ4v) is 8.97. The van der Waals surface area contributed by atoms with Crippen LogP contribution >= 0.6 is 0 Å². The molecule has 3 aliphatic heterocycles. The van der Waals surface area contributed by atoms with Crippen LogP contribution in [0.4, 0.5) is 0 Å². The standard InChI is InChI=1S/C44H69NO13.2Ac/c1-14-32-42(8,50)21-24(2)34(46)25(3)22-43(9,51)38(27(5)35(28(6)39(48)55-32)56-33-23-44(10,52-13)37(47)29(7)54-33)58-41-36(31(45(11)12)20-26(4)53-41)57-40(49)30-18-16-15-17-19-30;;/h15-19,21,25-29,31-33,35-38,41,47,50-51H,14,20,22-23H2,1-13H3;;/b24-21+;;/t25-,26-,27+,28-,29+,31+,32-,33+,35+,36-,37+,38-,41?,42+,43-,44-;;/m1../s1. The molecule has 3 heterocycles. The monoisotopic (exact) mass is 1270 g/mol. The van der Waals surface area contributed by atoms with Crippen molar-refractivity contribution in [1.82, 2.24) is 4.90 Å². The summed E-state index contributed by atoms with van der Waals surface area (Å²) < 4.78 is 44.3. The van der Waals surface area contributed by atoms with Crippen molar-refractivity contribution in [3.8, 4) is 0 Å². The average Bonchev–Trinajstić information content (AvgIpc) is 3.16. The van der Waals surface area contributed by atoms with Crippen molar-refractivity contribution >= 4 is 17.7 Å². The van der Waals surface area contributed by atoms with Crippen LogP contribution in [0.15, 0.2) is 42.0 Å². The number of carbonyl (C=O) groups is 3. The van der Waals surface area contributed by atoms with Crippen molar-refractivity contribution in [2.75, 3.05) is 21.2 Å². The Hall–Kier alpha value is 0.0931. The van der Waals surface area contributed by atoms with Gasteiger partial charge >= 0.3 is 11.9 Å². The van der Waals surface area contributed by atoms with Crippen molar-refractivity contribution in [3.05, 3.63) is 47.5 Å². The quantitative estimate of drug-likeness (QED) is 0.292. The van der Waals surface area contributed by atoms with Gasteiger partial charge in [0.25, 0.3) is 0 Å². The molecule has 0 aliphatic carbocycles. The van der Waals surface area contributed by atoms with Crippen LogP contribution < -0.4 is 0 Å². The van der Waals surface area contributed by atoms with E-state index >= 15 is 0 Å². The van der Waals surface area contributed by atoms with Gasteiger partial charge in [-0.1, -0.05) is 39.0 Å². The molecule has 334 valence electrons. The molecular formula is C44H69Ac2NO13. The second kappa shape index (κ2) is 23.5. The molecular weight excluding hydrogens is 1200 g/mol. The largest absolute Gasteiger partial charge is 0.459 e. The zero-order valence-corrected chi connectivity index (χ0v) is 47.3. The first-order chi connectivity index (χ1) is 27.0. The summed E-state index contributed by atoms with van der Waals surface area (Å²) in [4.78, 5) is 43.7. The molecule has 16 atom stereocenters. The average molecular weight is 1270 g/mol. The van der Waals surface area contributed by atoms with Crippen LogP contribution in [-0.2, 0) is 42.7 Å². The van der Waals surface area contributed by atoms with E-state index in [1.54, 1.807) is 85.7 Å². The Balaban J connectivity index is 0.00000620. The van der Waals surface area contributed by atoms with E-state index in [9.17, 15) is 29.7 Å². The van der Waals surface area contributed by atoms with Crippen molar-refractivity contribution in [2.45, 2.75) is 173 Å². The Labute approximate surface area is 428 Å². The van der Waals surface area contributed by atoms with E-state index in [2.05, 4.69) is 0 Å². The van der Waals surface area contributed by atoms with E-state index in [0.29, 0.717) is 12.0 Å². The maximum Gasteiger partial charge on any atom is 0.338 e. The first-order valence-corrected chi connectivity index (χ1v) is 20.6. The van der Waals surface area contributed by atoms with Crippen LogP contribution in [0.25, 0.3) is 0 Å². The number of methoxy groups -OCH3 is 1. The predicted molar refractivity (Wildman–Crippen MR) is 214 cm³/mol. The Morgan fingerprint density at radius 2 is 1.55 bits per heavy atom. The molecule has 0 amide bonds. The third-order valence-corrected chi connectivity index (χ3v) is 12.4. The number of likely N-dealkylation sites (N-methyl/N-ethyl adjacent to an activating group) is 1. The number of esters is 2. The van der Waals surface area contributed by atoms with Crippen molar-refractivity contribution in [1.29, 1.82) is 0 Å². The zero-order chi connectivity index (χ0) is 43.5. The minimum Gasteiger partial charge on any atom is -0.459 e. The number of carbonyl (C=O) groups excluding carboxylic acids is 3. The zero-order valence-electron chi connectivity index (χ0n) is 37.8. The van der Waals surface area contributed by atoms with E-state index < -0.39 is 95.7 Å². The molecule has 0 aromatic heterocycles. The van der Waals surface area contributed by atoms with Crippen molar-refractivity contribution in [3.63, 3.8) is 0 Å². The predicted octanol–water partition coefficient (Wildman–Crippen LogP) is 4.60. The number of Topliss-reactive ketones (excluding diaryl/α,β-unsaturated/α-hetero) is 1. The van der Waals surface area contributed by atoms with Gasteiger partial charge in [0, 0.05) is 113 Å². The third-order valence-electron chi connectivity index (χ3n) is 12.4. The van der Waals surface area contributed by atoms with Gasteiger partial charge in [-0.2, -0.15) is 0 Å². The maximum atomic E-state index is 14.3. The number of allylic oxidation sites excluding steroid dienone is 1. The van der Waals surface area contributed by atoms with Crippen LogP contribution in [0.1, 0.15) is 105 Å². The normalized spacial score (nSPS) is 41.8. The number of hydrogen-bond donors (Lipinski definition) is 3. The first-order valence-electron chi connectivity index (χ1n) is 20.6. The summed E-state index contributed by atoms with van der Waals surface area (Å²) in [6, 6.07) is 8.23. The van der Waals surface area contributed by atoms with Crippen LogP contribution in [0.5, 0.6) is 0 Å². The van der Waals surface area contributed by atoms with Gasteiger partial charge in [-0.05, 0) is 106 Å². The second-order valence-corrected chi connectivity index (χ2v) is 17.8. The molecule has 60 heavy (non-hydrogen) atoms. The molecule has 16 heteroatoms. The van der Waals surface area contributed by atoms with Gasteiger partial charge in [0.2, 0.25) is 0 Å². The fraction of sp³-hybridized carbons (Fsp3) is 0.750. The van der Waals surface area contributed by atoms with E-state index in [-0.39, 0.29) is 131 Å². The van der Waals surface area contributed by atoms with Crippen LogP contribution in [-0.4, -0.2) is 137 Å². The number of ether oxygens (including phenoxy) is 7. The number of ketones is 1. The van der Waals surface area contributed by atoms with Crippen LogP contribution in [0, 0.1) is 106 Å². The van der Waals surface area contributed by atoms with E-state index in [0.717, 1.165) is 0 Å². The number of nitrogens with zero attached hydrogens (tertiary/aromatic N) is 1. The molecule has 0 bridgehead atoms. The smallest absolute Gasteiger partial charge is 0.338 e. The van der Waals surface area contributed by atoms with Crippen LogP contribution in [0.2, 0.25) is 0 Å². The minimum atomic E-state index is -1.80. The molecule has 1 unspecified atom stereocenters. The number of hydrogen-bond acceptors (Lipinski definition) is 14. The number of aliphatic hydroxyl groups excluding tert-OH is 1. The first kappa shape index (κ1) is 56.2. The summed E-state index contributed by atoms with van der Waals surface area (Å²) in [5, 5.41) is 35.3. The Morgan fingerprint density at radius 3 is 2.12 bits per heavy atom. The number of benzene rings is 1. The van der Waals surface area contributed by atoms with Crippen LogP contribution in [0.3, 0.4) is 0 Å². The molecule has 0 saturated carbocycles. The summed E-state index contributed by atoms with van der Waals surface area (Å²) in [6.45, 7) is 16.8. The molecule has 1 aromatic carbocycles. The minimum absolute atomic E-state index is 0. The molecule has 3 aliphatic rings. The Kier molecular flexibility index (Phi) is 22.0. The molecule has 2 fully saturated rings. The van der Waals surface area contributed by atoms with E-state index in [4.69, 9.17) is 33.2 Å². The van der Waals surface area contributed by atoms with Crippen molar-refractivity contribution < 1.29 is 151 Å². The van der Waals surface area contributed by atoms with E-state index in [1.165, 1.54) is 20.1 Å². The molecule has 2 radical (unpaired) electrons. The summed E-state index contributed by atoms with van der Waals surface area (Å²) in [5.74, 6) is -4.28. The number of aliphatic hydroxyl groups is 3. The van der Waals surface area contributed by atoms with Gasteiger partial charge in [-0.25, -0.2) is 4.79 Å². The SMILES string of the molecule is CC[C@H]1OC(=O)[C@H](C)[C@@H](O[C@H]2C[C@@](C)(OC)[C@@H](O)[C@H](C)O2)[C@H](C)[C@@H](OC2O[C@H](C)C[C@H](N(C)C)[C@H]2OC(=O)c2ccccc2)[C@](C)(O)C[C@@H](C)C(=O)/C(C)=C/[C@]1(C)O.[Ac].[Ac]. The van der Waals surface area contributed by atoms with Gasteiger partial charge in [-0.3, -0.25) is 9.59 Å². The van der Waals surface area contributed by atoms with Gasteiger partial charge in [0.05, 0.1) is 53.1 Å². The topological polar surface area (TPSA) is 180 Å².